The van der Waals surface area contributed by atoms with Crippen LogP contribution in [-0.4, -0.2) is 17.6 Å². The Kier molecular flexibility index (Phi) is 3.93. The molecule has 1 fully saturated rings. The van der Waals surface area contributed by atoms with Gasteiger partial charge in [0.05, 0.1) is 17.8 Å². The second-order valence-corrected chi connectivity index (χ2v) is 5.18. The van der Waals surface area contributed by atoms with Gasteiger partial charge in [0.15, 0.2) is 0 Å². The summed E-state index contributed by atoms with van der Waals surface area (Å²) in [5.74, 6) is 0.337. The number of hydrogen-bond acceptors (Lipinski definition) is 4. The Labute approximate surface area is 99.8 Å². The van der Waals surface area contributed by atoms with Gasteiger partial charge < -0.3 is 4.74 Å². The molecule has 0 radical (unpaired) electrons. The Morgan fingerprint density at radius 3 is 2.94 bits per heavy atom. The second-order valence-electron chi connectivity index (χ2n) is 4.12. The predicted octanol–water partition coefficient (Wildman–Crippen LogP) is 3.37. The van der Waals surface area contributed by atoms with E-state index in [0.717, 1.165) is 5.01 Å². The van der Waals surface area contributed by atoms with Crippen LogP contribution in [0.2, 0.25) is 0 Å². The second kappa shape index (κ2) is 5.43. The monoisotopic (exact) mass is 239 g/mol. The Morgan fingerprint density at radius 2 is 2.25 bits per heavy atom. The maximum atomic E-state index is 11.5. The van der Waals surface area contributed by atoms with Gasteiger partial charge in [-0.05, 0) is 19.8 Å². The van der Waals surface area contributed by atoms with E-state index in [1.807, 2.05) is 6.92 Å². The molecule has 4 heteroatoms. The largest absolute Gasteiger partial charge is 0.462 e. The molecule has 1 saturated carbocycles. The summed E-state index contributed by atoms with van der Waals surface area (Å²) in [7, 11) is 0. The van der Waals surface area contributed by atoms with Gasteiger partial charge in [-0.1, -0.05) is 19.3 Å². The number of rotatable bonds is 3. The topological polar surface area (TPSA) is 39.2 Å². The van der Waals surface area contributed by atoms with Crippen molar-refractivity contribution in [3.8, 4) is 0 Å². The molecule has 0 aromatic carbocycles. The normalized spacial score (nSPS) is 17.3. The summed E-state index contributed by atoms with van der Waals surface area (Å²) in [6, 6.07) is 0. The van der Waals surface area contributed by atoms with E-state index in [-0.39, 0.29) is 5.97 Å². The molecule has 1 aliphatic rings. The summed E-state index contributed by atoms with van der Waals surface area (Å²) in [5.41, 5.74) is 0. The summed E-state index contributed by atoms with van der Waals surface area (Å²) in [6.07, 6.45) is 8.02. The molecule has 0 atom stereocenters. The Morgan fingerprint density at radius 1 is 1.50 bits per heavy atom. The van der Waals surface area contributed by atoms with Crippen LogP contribution in [0.25, 0.3) is 0 Å². The summed E-state index contributed by atoms with van der Waals surface area (Å²) in [5, 5.41) is 1.11. The van der Waals surface area contributed by atoms with Crippen molar-refractivity contribution < 1.29 is 9.53 Å². The van der Waals surface area contributed by atoms with E-state index in [2.05, 4.69) is 4.98 Å². The molecule has 2 rings (SSSR count). The molecule has 0 unspecified atom stereocenters. The highest BCUT2D eigenvalue weighted by molar-refractivity contribution is 7.13. The van der Waals surface area contributed by atoms with Crippen LogP contribution in [0.5, 0.6) is 0 Å². The van der Waals surface area contributed by atoms with Gasteiger partial charge in [0.2, 0.25) is 0 Å². The Balaban J connectivity index is 2.03. The van der Waals surface area contributed by atoms with Crippen molar-refractivity contribution in [3.05, 3.63) is 16.1 Å². The Hall–Kier alpha value is -0.900. The molecule has 0 amide bonds. The van der Waals surface area contributed by atoms with Gasteiger partial charge in [-0.2, -0.15) is 0 Å². The lowest BCUT2D eigenvalue weighted by atomic mass is 9.90. The van der Waals surface area contributed by atoms with Crippen molar-refractivity contribution in [2.75, 3.05) is 6.61 Å². The molecule has 0 saturated heterocycles. The van der Waals surface area contributed by atoms with Crippen LogP contribution in [0.15, 0.2) is 6.20 Å². The number of carbonyl (C=O) groups is 1. The van der Waals surface area contributed by atoms with E-state index < -0.39 is 0 Å². The average Bonchev–Trinajstić information content (AvgIpc) is 2.80. The standard InChI is InChI=1S/C12H17NO2S/c1-2-15-12(14)10-8-13-11(16-10)9-6-4-3-5-7-9/h8-9H,2-7H2,1H3. The fourth-order valence-electron chi connectivity index (χ4n) is 2.12. The van der Waals surface area contributed by atoms with Crippen molar-refractivity contribution in [2.24, 2.45) is 0 Å². The summed E-state index contributed by atoms with van der Waals surface area (Å²) in [4.78, 5) is 16.5. The van der Waals surface area contributed by atoms with Gasteiger partial charge in [-0.25, -0.2) is 9.78 Å². The quantitative estimate of drug-likeness (QED) is 0.759. The van der Waals surface area contributed by atoms with Crippen LogP contribution in [0, 0.1) is 0 Å². The third-order valence-electron chi connectivity index (χ3n) is 2.95. The molecular weight excluding hydrogens is 222 g/mol. The van der Waals surface area contributed by atoms with Crippen molar-refractivity contribution in [3.63, 3.8) is 0 Å². The van der Waals surface area contributed by atoms with E-state index >= 15 is 0 Å². The molecule has 1 aromatic heterocycles. The van der Waals surface area contributed by atoms with Crippen LogP contribution in [0.3, 0.4) is 0 Å². The molecule has 0 N–H and O–H groups in total. The number of thiazole rings is 1. The van der Waals surface area contributed by atoms with Crippen LogP contribution in [-0.2, 0) is 4.74 Å². The molecule has 3 nitrogen and oxygen atoms in total. The molecular formula is C12H17NO2S. The van der Waals surface area contributed by atoms with Crippen molar-refractivity contribution in [2.45, 2.75) is 44.9 Å². The highest BCUT2D eigenvalue weighted by Crippen LogP contribution is 2.34. The SMILES string of the molecule is CCOC(=O)c1cnc(C2CCCCC2)s1. The summed E-state index contributed by atoms with van der Waals surface area (Å²) < 4.78 is 4.96. The van der Waals surface area contributed by atoms with Gasteiger partial charge in [0, 0.05) is 5.92 Å². The number of esters is 1. The minimum atomic E-state index is -0.234. The van der Waals surface area contributed by atoms with Gasteiger partial charge in [-0.3, -0.25) is 0 Å². The minimum absolute atomic E-state index is 0.234. The number of aromatic nitrogens is 1. The van der Waals surface area contributed by atoms with Gasteiger partial charge in [-0.15, -0.1) is 11.3 Å². The minimum Gasteiger partial charge on any atom is -0.462 e. The molecule has 0 spiro atoms. The highest BCUT2D eigenvalue weighted by atomic mass is 32.1. The summed E-state index contributed by atoms with van der Waals surface area (Å²) in [6.45, 7) is 2.25. The van der Waals surface area contributed by atoms with E-state index in [4.69, 9.17) is 4.74 Å². The number of ether oxygens (including phenoxy) is 1. The van der Waals surface area contributed by atoms with E-state index in [9.17, 15) is 4.79 Å². The smallest absolute Gasteiger partial charge is 0.349 e. The van der Waals surface area contributed by atoms with Crippen molar-refractivity contribution in [1.29, 1.82) is 0 Å². The molecule has 88 valence electrons. The van der Waals surface area contributed by atoms with Gasteiger partial charge in [0.25, 0.3) is 0 Å². The first-order chi connectivity index (χ1) is 7.81. The molecule has 1 aliphatic carbocycles. The lowest BCUT2D eigenvalue weighted by Gasteiger charge is -2.18. The first kappa shape index (κ1) is 11.6. The van der Waals surface area contributed by atoms with Crippen molar-refractivity contribution >= 4 is 17.3 Å². The Bertz CT molecular complexity index is 356. The zero-order valence-electron chi connectivity index (χ0n) is 9.57. The lowest BCUT2D eigenvalue weighted by molar-refractivity contribution is 0.0532. The molecule has 1 heterocycles. The molecule has 0 bridgehead atoms. The number of nitrogens with zero attached hydrogens (tertiary/aromatic N) is 1. The molecule has 1 aromatic rings. The molecule has 16 heavy (non-hydrogen) atoms. The fourth-order valence-corrected chi connectivity index (χ4v) is 3.10. The first-order valence-corrected chi connectivity index (χ1v) is 6.75. The maximum Gasteiger partial charge on any atom is 0.349 e. The van der Waals surface area contributed by atoms with Crippen LogP contribution < -0.4 is 0 Å². The maximum absolute atomic E-state index is 11.5. The first-order valence-electron chi connectivity index (χ1n) is 5.94. The van der Waals surface area contributed by atoms with Crippen molar-refractivity contribution in [1.82, 2.24) is 4.98 Å². The number of carbonyl (C=O) groups excluding carboxylic acids is 1. The van der Waals surface area contributed by atoms with E-state index in [0.29, 0.717) is 17.4 Å². The predicted molar refractivity (Wildman–Crippen MR) is 63.9 cm³/mol. The molecule has 0 aliphatic heterocycles. The van der Waals surface area contributed by atoms with Crippen LogP contribution in [0.4, 0.5) is 0 Å². The third-order valence-corrected chi connectivity index (χ3v) is 4.09. The van der Waals surface area contributed by atoms with Gasteiger partial charge >= 0.3 is 5.97 Å². The number of hydrogen-bond donors (Lipinski definition) is 0. The zero-order chi connectivity index (χ0) is 11.4. The van der Waals surface area contributed by atoms with Crippen LogP contribution in [0.1, 0.15) is 59.6 Å². The lowest BCUT2D eigenvalue weighted by Crippen LogP contribution is -2.03. The fraction of sp³-hybridized carbons (Fsp3) is 0.667. The third kappa shape index (κ3) is 2.61. The van der Waals surface area contributed by atoms with Crippen LogP contribution >= 0.6 is 11.3 Å². The highest BCUT2D eigenvalue weighted by Gasteiger charge is 2.20. The van der Waals surface area contributed by atoms with E-state index in [1.165, 1.54) is 43.4 Å². The average molecular weight is 239 g/mol. The zero-order valence-corrected chi connectivity index (χ0v) is 10.4. The van der Waals surface area contributed by atoms with E-state index in [1.54, 1.807) is 6.20 Å². The van der Waals surface area contributed by atoms with Gasteiger partial charge in [0.1, 0.15) is 4.88 Å². The summed E-state index contributed by atoms with van der Waals surface area (Å²) >= 11 is 1.50.